The highest BCUT2D eigenvalue weighted by atomic mass is 35.5. The molecule has 118 valence electrons. The number of nitrogens with zero attached hydrogens (tertiary/aromatic N) is 6. The summed E-state index contributed by atoms with van der Waals surface area (Å²) < 4.78 is 1.89. The van der Waals surface area contributed by atoms with Gasteiger partial charge in [0.05, 0.1) is 10.7 Å². The van der Waals surface area contributed by atoms with E-state index >= 15 is 0 Å². The van der Waals surface area contributed by atoms with Crippen LogP contribution in [0.1, 0.15) is 30.3 Å². The Bertz CT molecular complexity index is 837. The molecule has 0 N–H and O–H groups in total. The maximum absolute atomic E-state index is 6.28. The standard InChI is InChI=1S/C16H17ClN6/c1-11-20-14(9-15-21-19-10-23(11)15)22-7-4-12(5-8-22)16-13(17)3-2-6-18-16/h2-3,6,9-10,12H,4-5,7-8H2,1H3. The summed E-state index contributed by atoms with van der Waals surface area (Å²) in [6.45, 7) is 3.85. The Morgan fingerprint density at radius 3 is 2.87 bits per heavy atom. The average molecular weight is 329 g/mol. The molecule has 1 fully saturated rings. The van der Waals surface area contributed by atoms with E-state index in [-0.39, 0.29) is 0 Å². The van der Waals surface area contributed by atoms with Crippen molar-refractivity contribution in [1.82, 2.24) is 24.6 Å². The lowest BCUT2D eigenvalue weighted by Crippen LogP contribution is -2.34. The number of piperidine rings is 1. The van der Waals surface area contributed by atoms with E-state index in [0.717, 1.165) is 53.9 Å². The third kappa shape index (κ3) is 2.63. The maximum atomic E-state index is 6.28. The summed E-state index contributed by atoms with van der Waals surface area (Å²) in [6.07, 6.45) is 5.55. The lowest BCUT2D eigenvalue weighted by Gasteiger charge is -2.33. The summed E-state index contributed by atoms with van der Waals surface area (Å²) in [6, 6.07) is 5.79. The Balaban J connectivity index is 1.53. The van der Waals surface area contributed by atoms with E-state index in [1.54, 1.807) is 6.33 Å². The Kier molecular flexibility index (Phi) is 3.61. The molecule has 0 unspecified atom stereocenters. The van der Waals surface area contributed by atoms with Gasteiger partial charge < -0.3 is 4.90 Å². The summed E-state index contributed by atoms with van der Waals surface area (Å²) >= 11 is 6.28. The number of anilines is 1. The first-order valence-corrected chi connectivity index (χ1v) is 8.13. The van der Waals surface area contributed by atoms with Crippen molar-refractivity contribution in [3.8, 4) is 0 Å². The molecule has 0 saturated carbocycles. The quantitative estimate of drug-likeness (QED) is 0.724. The first-order valence-electron chi connectivity index (χ1n) is 7.75. The minimum Gasteiger partial charge on any atom is -0.356 e. The maximum Gasteiger partial charge on any atom is 0.165 e. The summed E-state index contributed by atoms with van der Waals surface area (Å²) in [7, 11) is 0. The van der Waals surface area contributed by atoms with Crippen LogP contribution in [0.15, 0.2) is 30.7 Å². The molecule has 4 heterocycles. The Labute approximate surface area is 139 Å². The zero-order valence-electron chi connectivity index (χ0n) is 12.9. The minimum atomic E-state index is 0.415. The van der Waals surface area contributed by atoms with Gasteiger partial charge in [0.1, 0.15) is 18.0 Å². The largest absolute Gasteiger partial charge is 0.356 e. The molecule has 7 heteroatoms. The fraction of sp³-hybridized carbons (Fsp3) is 0.375. The Morgan fingerprint density at radius 1 is 1.26 bits per heavy atom. The number of aryl methyl sites for hydroxylation is 1. The first kappa shape index (κ1) is 14.4. The van der Waals surface area contributed by atoms with E-state index in [1.165, 1.54) is 0 Å². The molecule has 3 aromatic heterocycles. The van der Waals surface area contributed by atoms with Gasteiger partial charge in [-0.25, -0.2) is 4.98 Å². The molecule has 6 nitrogen and oxygen atoms in total. The number of pyridine rings is 1. The van der Waals surface area contributed by atoms with Crippen LogP contribution in [0.2, 0.25) is 5.02 Å². The summed E-state index contributed by atoms with van der Waals surface area (Å²) in [5, 5.41) is 8.84. The van der Waals surface area contributed by atoms with Crippen molar-refractivity contribution in [2.45, 2.75) is 25.7 Å². The summed E-state index contributed by atoms with van der Waals surface area (Å²) in [5.41, 5.74) is 1.85. The number of hydrogen-bond donors (Lipinski definition) is 0. The van der Waals surface area contributed by atoms with Crippen LogP contribution in [0.3, 0.4) is 0 Å². The molecule has 0 aliphatic carbocycles. The fourth-order valence-electron chi connectivity index (χ4n) is 3.20. The van der Waals surface area contributed by atoms with Crippen molar-refractivity contribution in [2.75, 3.05) is 18.0 Å². The SMILES string of the molecule is Cc1nc(N2CCC(c3ncccc3Cl)CC2)cc2nncn12. The molecule has 4 rings (SSSR count). The zero-order valence-corrected chi connectivity index (χ0v) is 13.6. The van der Waals surface area contributed by atoms with Crippen LogP contribution in [0.4, 0.5) is 5.82 Å². The molecule has 0 spiro atoms. The lowest BCUT2D eigenvalue weighted by atomic mass is 9.93. The van der Waals surface area contributed by atoms with Crippen LogP contribution < -0.4 is 4.90 Å². The first-order chi connectivity index (χ1) is 11.2. The van der Waals surface area contributed by atoms with E-state index in [9.17, 15) is 0 Å². The van der Waals surface area contributed by atoms with Crippen molar-refractivity contribution >= 4 is 23.1 Å². The predicted molar refractivity (Wildman–Crippen MR) is 89.0 cm³/mol. The Morgan fingerprint density at radius 2 is 2.09 bits per heavy atom. The van der Waals surface area contributed by atoms with Gasteiger partial charge in [0.15, 0.2) is 5.65 Å². The van der Waals surface area contributed by atoms with Gasteiger partial charge in [0.2, 0.25) is 0 Å². The monoisotopic (exact) mass is 328 g/mol. The second-order valence-electron chi connectivity index (χ2n) is 5.85. The van der Waals surface area contributed by atoms with Gasteiger partial charge in [-0.2, -0.15) is 0 Å². The molecular formula is C16H17ClN6. The van der Waals surface area contributed by atoms with E-state index in [0.29, 0.717) is 5.92 Å². The molecule has 0 radical (unpaired) electrons. The van der Waals surface area contributed by atoms with Crippen LogP contribution in [0.25, 0.3) is 5.65 Å². The van der Waals surface area contributed by atoms with Gasteiger partial charge in [-0.1, -0.05) is 11.6 Å². The van der Waals surface area contributed by atoms with Crippen molar-refractivity contribution in [3.05, 3.63) is 47.3 Å². The number of hydrogen-bond acceptors (Lipinski definition) is 5. The van der Waals surface area contributed by atoms with Crippen molar-refractivity contribution in [2.24, 2.45) is 0 Å². The van der Waals surface area contributed by atoms with Gasteiger partial charge in [-0.3, -0.25) is 9.38 Å². The van der Waals surface area contributed by atoms with E-state index in [4.69, 9.17) is 11.6 Å². The Hall–Kier alpha value is -2.21. The third-order valence-electron chi connectivity index (χ3n) is 4.45. The van der Waals surface area contributed by atoms with Gasteiger partial charge in [0, 0.05) is 31.3 Å². The van der Waals surface area contributed by atoms with Crippen LogP contribution in [-0.2, 0) is 0 Å². The summed E-state index contributed by atoms with van der Waals surface area (Å²) in [5.74, 6) is 2.28. The molecule has 1 aliphatic rings. The highest BCUT2D eigenvalue weighted by Gasteiger charge is 2.24. The zero-order chi connectivity index (χ0) is 15.8. The van der Waals surface area contributed by atoms with Crippen molar-refractivity contribution in [3.63, 3.8) is 0 Å². The topological polar surface area (TPSA) is 59.2 Å². The molecular weight excluding hydrogens is 312 g/mol. The smallest absolute Gasteiger partial charge is 0.165 e. The highest BCUT2D eigenvalue weighted by Crippen LogP contribution is 2.32. The second-order valence-corrected chi connectivity index (χ2v) is 6.26. The van der Waals surface area contributed by atoms with Crippen LogP contribution in [0.5, 0.6) is 0 Å². The number of halogens is 1. The summed E-state index contributed by atoms with van der Waals surface area (Å²) in [4.78, 5) is 11.4. The van der Waals surface area contributed by atoms with Gasteiger partial charge in [-0.15, -0.1) is 10.2 Å². The number of fused-ring (bicyclic) bond motifs is 1. The fourth-order valence-corrected chi connectivity index (χ4v) is 3.48. The molecule has 3 aromatic rings. The highest BCUT2D eigenvalue weighted by molar-refractivity contribution is 6.31. The molecule has 1 aliphatic heterocycles. The van der Waals surface area contributed by atoms with Crippen molar-refractivity contribution in [1.29, 1.82) is 0 Å². The molecule has 0 bridgehead atoms. The van der Waals surface area contributed by atoms with E-state index < -0.39 is 0 Å². The van der Waals surface area contributed by atoms with Crippen LogP contribution in [-0.4, -0.2) is 37.7 Å². The lowest BCUT2D eigenvalue weighted by molar-refractivity contribution is 0.493. The molecule has 0 amide bonds. The third-order valence-corrected chi connectivity index (χ3v) is 4.77. The van der Waals surface area contributed by atoms with Crippen LogP contribution >= 0.6 is 11.6 Å². The van der Waals surface area contributed by atoms with E-state index in [1.807, 2.05) is 35.7 Å². The minimum absolute atomic E-state index is 0.415. The van der Waals surface area contributed by atoms with Gasteiger partial charge in [-0.05, 0) is 31.9 Å². The number of aromatic nitrogens is 5. The molecule has 0 atom stereocenters. The van der Waals surface area contributed by atoms with Crippen molar-refractivity contribution < 1.29 is 0 Å². The normalized spacial score (nSPS) is 16.2. The number of rotatable bonds is 2. The predicted octanol–water partition coefficient (Wildman–Crippen LogP) is 2.87. The molecule has 23 heavy (non-hydrogen) atoms. The molecule has 1 saturated heterocycles. The van der Waals surface area contributed by atoms with Gasteiger partial charge in [0.25, 0.3) is 0 Å². The van der Waals surface area contributed by atoms with E-state index in [2.05, 4.69) is 25.1 Å². The second kappa shape index (κ2) is 5.77. The van der Waals surface area contributed by atoms with Crippen LogP contribution in [0, 0.1) is 6.92 Å². The van der Waals surface area contributed by atoms with Gasteiger partial charge >= 0.3 is 0 Å². The average Bonchev–Trinajstić information content (AvgIpc) is 3.05. The molecule has 0 aromatic carbocycles.